The molecule has 196 valence electrons. The van der Waals surface area contributed by atoms with Crippen molar-refractivity contribution in [3.63, 3.8) is 0 Å². The van der Waals surface area contributed by atoms with Gasteiger partial charge in [-0.1, -0.05) is 0 Å². The summed E-state index contributed by atoms with van der Waals surface area (Å²) in [7, 11) is 1.65. The van der Waals surface area contributed by atoms with Crippen molar-refractivity contribution in [2.45, 2.75) is 70.1 Å². The molecule has 1 saturated heterocycles. The lowest BCUT2D eigenvalue weighted by molar-refractivity contribution is -0.132. The lowest BCUT2D eigenvalue weighted by Gasteiger charge is -2.39. The average Bonchev–Trinajstić information content (AvgIpc) is 3.78. The molecule has 0 bridgehead atoms. The van der Waals surface area contributed by atoms with E-state index in [1.54, 1.807) is 25.9 Å². The molecule has 9 heteroatoms. The van der Waals surface area contributed by atoms with E-state index in [0.717, 1.165) is 31.4 Å². The number of benzene rings is 1. The Kier molecular flexibility index (Phi) is 6.96. The van der Waals surface area contributed by atoms with Gasteiger partial charge in [0.2, 0.25) is 11.8 Å². The highest BCUT2D eigenvalue weighted by atomic mass is 16.5. The van der Waals surface area contributed by atoms with E-state index in [4.69, 9.17) is 9.47 Å². The van der Waals surface area contributed by atoms with Crippen LogP contribution in [0.25, 0.3) is 0 Å². The number of amides is 3. The van der Waals surface area contributed by atoms with Gasteiger partial charge in [0.25, 0.3) is 5.91 Å². The molecular weight excluding hydrogens is 460 g/mol. The predicted octanol–water partition coefficient (Wildman–Crippen LogP) is 2.23. The average molecular weight is 499 g/mol. The first-order valence-corrected chi connectivity index (χ1v) is 13.3. The zero-order valence-corrected chi connectivity index (χ0v) is 21.5. The summed E-state index contributed by atoms with van der Waals surface area (Å²) in [5.41, 5.74) is 0.505. The number of nitrogens with zero attached hydrogens (tertiary/aromatic N) is 2. The van der Waals surface area contributed by atoms with Gasteiger partial charge >= 0.3 is 0 Å². The van der Waals surface area contributed by atoms with Gasteiger partial charge in [-0.2, -0.15) is 0 Å². The molecule has 2 heterocycles. The van der Waals surface area contributed by atoms with Gasteiger partial charge in [0.05, 0.1) is 17.5 Å². The second-order valence-corrected chi connectivity index (χ2v) is 11.1. The Balaban J connectivity index is 1.37. The van der Waals surface area contributed by atoms with E-state index in [1.165, 1.54) is 0 Å². The van der Waals surface area contributed by atoms with Crippen molar-refractivity contribution in [1.29, 1.82) is 0 Å². The van der Waals surface area contributed by atoms with Crippen LogP contribution < -0.4 is 25.2 Å². The van der Waals surface area contributed by atoms with Gasteiger partial charge in [0.15, 0.2) is 5.60 Å². The number of carbonyl (C=O) groups excluding carboxylic acids is 3. The largest absolute Gasteiger partial charge is 0.476 e. The first-order chi connectivity index (χ1) is 17.3. The zero-order chi connectivity index (χ0) is 25.4. The number of fused-ring (bicyclic) bond motifs is 1. The first-order valence-electron chi connectivity index (χ1n) is 13.3. The molecule has 2 aliphatic heterocycles. The SMILES string of the molecule is COCCCN1C(=O)C(C)(C)Oc2ccc(N(C(=O)[C@H]3CNC[C@@H](C(=O)NC4CC4)C3)C3CC3)cc21. The third-order valence-electron chi connectivity index (χ3n) is 7.51. The third-order valence-corrected chi connectivity index (χ3v) is 7.51. The fraction of sp³-hybridized carbons (Fsp3) is 0.667. The Hall–Kier alpha value is -2.65. The van der Waals surface area contributed by atoms with Crippen molar-refractivity contribution >= 4 is 29.1 Å². The number of methoxy groups -OCH3 is 1. The van der Waals surface area contributed by atoms with Gasteiger partial charge in [-0.25, -0.2) is 0 Å². The standard InChI is InChI=1S/C27H38N4O5/c1-27(2)26(34)30(11-4-12-35-3)22-14-21(9-10-23(22)36-27)31(20-7-8-20)25(33)18-13-17(15-28-16-18)24(32)29-19-5-6-19/h9-10,14,17-20,28H,4-8,11-13,15-16H2,1-3H3,(H,29,32)/t17-,18+/m0/s1. The molecule has 9 nitrogen and oxygen atoms in total. The molecule has 3 amide bonds. The van der Waals surface area contributed by atoms with E-state index in [0.29, 0.717) is 56.6 Å². The second-order valence-electron chi connectivity index (χ2n) is 11.1. The summed E-state index contributed by atoms with van der Waals surface area (Å²) in [4.78, 5) is 43.4. The Labute approximate surface area is 212 Å². The van der Waals surface area contributed by atoms with Crippen molar-refractivity contribution in [1.82, 2.24) is 10.6 Å². The van der Waals surface area contributed by atoms with Crippen molar-refractivity contribution < 1.29 is 23.9 Å². The Morgan fingerprint density at radius 2 is 1.94 bits per heavy atom. The first kappa shape index (κ1) is 25.0. The monoisotopic (exact) mass is 498 g/mol. The molecule has 2 saturated carbocycles. The van der Waals surface area contributed by atoms with E-state index in [9.17, 15) is 14.4 Å². The molecule has 3 fully saturated rings. The summed E-state index contributed by atoms with van der Waals surface area (Å²) in [6, 6.07) is 6.17. The third kappa shape index (κ3) is 5.22. The fourth-order valence-electron chi connectivity index (χ4n) is 5.22. The number of hydrogen-bond acceptors (Lipinski definition) is 6. The summed E-state index contributed by atoms with van der Waals surface area (Å²) in [6.45, 7) is 5.80. The minimum atomic E-state index is -0.961. The van der Waals surface area contributed by atoms with Crippen LogP contribution in [0.15, 0.2) is 18.2 Å². The zero-order valence-electron chi connectivity index (χ0n) is 21.5. The smallest absolute Gasteiger partial charge is 0.270 e. The highest BCUT2D eigenvalue weighted by Gasteiger charge is 2.43. The highest BCUT2D eigenvalue weighted by Crippen LogP contribution is 2.43. The molecule has 4 aliphatic rings. The minimum absolute atomic E-state index is 0.0446. The molecule has 0 aromatic heterocycles. The summed E-state index contributed by atoms with van der Waals surface area (Å²) in [5.74, 6) is 0.179. The molecule has 2 N–H and O–H groups in total. The maximum atomic E-state index is 13.8. The number of ether oxygens (including phenoxy) is 2. The van der Waals surface area contributed by atoms with Gasteiger partial charge in [-0.3, -0.25) is 14.4 Å². The van der Waals surface area contributed by atoms with E-state index in [-0.39, 0.29) is 35.6 Å². The Morgan fingerprint density at radius 3 is 2.64 bits per heavy atom. The van der Waals surface area contributed by atoms with Crippen LogP contribution in [-0.4, -0.2) is 68.8 Å². The van der Waals surface area contributed by atoms with Crippen molar-refractivity contribution in [2.75, 3.05) is 43.2 Å². The van der Waals surface area contributed by atoms with E-state index >= 15 is 0 Å². The van der Waals surface area contributed by atoms with Gasteiger partial charge in [-0.15, -0.1) is 0 Å². The highest BCUT2D eigenvalue weighted by molar-refractivity contribution is 6.04. The molecule has 0 spiro atoms. The van der Waals surface area contributed by atoms with Crippen LogP contribution in [0.2, 0.25) is 0 Å². The maximum absolute atomic E-state index is 13.8. The van der Waals surface area contributed by atoms with Crippen LogP contribution in [0, 0.1) is 11.8 Å². The van der Waals surface area contributed by atoms with Crippen LogP contribution >= 0.6 is 0 Å². The number of hydrogen-bond donors (Lipinski definition) is 2. The molecule has 2 atom stereocenters. The van der Waals surface area contributed by atoms with Crippen LogP contribution in [-0.2, 0) is 19.1 Å². The van der Waals surface area contributed by atoms with Gasteiger partial charge < -0.3 is 29.9 Å². The molecule has 5 rings (SSSR count). The Bertz CT molecular complexity index is 1020. The quantitative estimate of drug-likeness (QED) is 0.507. The van der Waals surface area contributed by atoms with E-state index in [1.807, 2.05) is 23.1 Å². The summed E-state index contributed by atoms with van der Waals surface area (Å²) < 4.78 is 11.3. The van der Waals surface area contributed by atoms with Gasteiger partial charge in [0.1, 0.15) is 5.75 Å². The molecule has 1 aromatic carbocycles. The number of piperidine rings is 1. The summed E-state index contributed by atoms with van der Waals surface area (Å²) in [6.07, 6.45) is 5.26. The van der Waals surface area contributed by atoms with Crippen LogP contribution in [0.1, 0.15) is 52.4 Å². The predicted molar refractivity (Wildman–Crippen MR) is 136 cm³/mol. The molecule has 1 aromatic rings. The molecule has 0 radical (unpaired) electrons. The summed E-state index contributed by atoms with van der Waals surface area (Å²) in [5, 5.41) is 6.40. The normalized spacial score (nSPS) is 25.1. The number of rotatable bonds is 9. The lowest BCUT2D eigenvalue weighted by atomic mass is 9.88. The van der Waals surface area contributed by atoms with E-state index < -0.39 is 5.60 Å². The number of anilines is 2. The topological polar surface area (TPSA) is 100 Å². The molecule has 0 unspecified atom stereocenters. The Morgan fingerprint density at radius 1 is 1.19 bits per heavy atom. The van der Waals surface area contributed by atoms with Gasteiger partial charge in [0, 0.05) is 51.1 Å². The van der Waals surface area contributed by atoms with Crippen LogP contribution in [0.5, 0.6) is 5.75 Å². The van der Waals surface area contributed by atoms with Crippen LogP contribution in [0.3, 0.4) is 0 Å². The van der Waals surface area contributed by atoms with Crippen molar-refractivity contribution in [2.24, 2.45) is 11.8 Å². The molecule has 2 aliphatic carbocycles. The van der Waals surface area contributed by atoms with Crippen molar-refractivity contribution in [3.05, 3.63) is 18.2 Å². The minimum Gasteiger partial charge on any atom is -0.476 e. The number of nitrogens with one attached hydrogen (secondary N) is 2. The lowest BCUT2D eigenvalue weighted by Crippen LogP contribution is -2.53. The number of carbonyl (C=O) groups is 3. The van der Waals surface area contributed by atoms with Crippen LogP contribution in [0.4, 0.5) is 11.4 Å². The van der Waals surface area contributed by atoms with Gasteiger partial charge in [-0.05, 0) is 70.6 Å². The van der Waals surface area contributed by atoms with Crippen molar-refractivity contribution in [3.8, 4) is 5.75 Å². The van der Waals surface area contributed by atoms with E-state index in [2.05, 4.69) is 10.6 Å². The fourth-order valence-corrected chi connectivity index (χ4v) is 5.22. The second kappa shape index (κ2) is 10.0. The molecular formula is C27H38N4O5. The summed E-state index contributed by atoms with van der Waals surface area (Å²) >= 11 is 0. The molecule has 36 heavy (non-hydrogen) atoms. The maximum Gasteiger partial charge on any atom is 0.270 e.